The molecule has 5 nitrogen and oxygen atoms in total. The lowest BCUT2D eigenvalue weighted by atomic mass is 9.49. The van der Waals surface area contributed by atoms with Crippen LogP contribution in [0.3, 0.4) is 0 Å². The summed E-state index contributed by atoms with van der Waals surface area (Å²) in [5.74, 6) is 2.46. The van der Waals surface area contributed by atoms with Crippen molar-refractivity contribution in [2.24, 2.45) is 29.1 Å². The van der Waals surface area contributed by atoms with E-state index in [2.05, 4.69) is 34.6 Å². The fraction of sp³-hybridized carbons (Fsp3) is 0.852. The molecule has 5 rings (SSSR count). The number of amides is 2. The molecule has 0 aromatic heterocycles. The van der Waals surface area contributed by atoms with Crippen LogP contribution in [-0.4, -0.2) is 72.3 Å². The van der Waals surface area contributed by atoms with Gasteiger partial charge >= 0.3 is 0 Å². The number of piperazine rings is 1. The lowest BCUT2D eigenvalue weighted by Gasteiger charge is -2.57. The smallest absolute Gasteiger partial charge is 0.225 e. The Morgan fingerprint density at radius 3 is 2.38 bits per heavy atom. The summed E-state index contributed by atoms with van der Waals surface area (Å²) in [4.78, 5) is 32.5. The van der Waals surface area contributed by atoms with Gasteiger partial charge in [-0.15, -0.1) is 0 Å². The zero-order valence-corrected chi connectivity index (χ0v) is 20.9. The number of fused-ring (bicyclic) bond motifs is 1. The minimum atomic E-state index is 0.0336. The zero-order chi connectivity index (χ0) is 22.9. The minimum Gasteiger partial charge on any atom is -0.340 e. The molecule has 0 aromatic carbocycles. The van der Waals surface area contributed by atoms with E-state index in [4.69, 9.17) is 0 Å². The molecule has 1 heterocycles. The Kier molecular flexibility index (Phi) is 7.33. The third kappa shape index (κ3) is 4.93. The Morgan fingerprint density at radius 2 is 1.78 bits per heavy atom. The second-order valence-electron chi connectivity index (χ2n) is 11.7. The Hall–Kier alpha value is -1.36. The Morgan fingerprint density at radius 1 is 1.09 bits per heavy atom. The maximum absolute atomic E-state index is 13.0. The van der Waals surface area contributed by atoms with Crippen LogP contribution < -0.4 is 0 Å². The number of hydrogen-bond donors (Lipinski definition) is 0. The van der Waals surface area contributed by atoms with Crippen LogP contribution in [0.15, 0.2) is 11.6 Å². The van der Waals surface area contributed by atoms with Gasteiger partial charge in [-0.05, 0) is 42.9 Å². The lowest BCUT2D eigenvalue weighted by Crippen LogP contribution is -2.53. The third-order valence-corrected chi connectivity index (χ3v) is 9.09. The fourth-order valence-corrected chi connectivity index (χ4v) is 6.57. The van der Waals surface area contributed by atoms with E-state index in [9.17, 15) is 9.59 Å². The maximum Gasteiger partial charge on any atom is 0.225 e. The van der Waals surface area contributed by atoms with E-state index in [-0.39, 0.29) is 17.7 Å². The van der Waals surface area contributed by atoms with Gasteiger partial charge in [0.15, 0.2) is 0 Å². The molecule has 0 aromatic rings. The number of hydrogen-bond acceptors (Lipinski definition) is 3. The van der Waals surface area contributed by atoms with Gasteiger partial charge in [0.25, 0.3) is 0 Å². The summed E-state index contributed by atoms with van der Waals surface area (Å²) in [7, 11) is 0. The van der Waals surface area contributed by atoms with Gasteiger partial charge in [-0.25, -0.2) is 0 Å². The highest BCUT2D eigenvalue weighted by atomic mass is 16.2. The van der Waals surface area contributed by atoms with Crippen LogP contribution in [0, 0.1) is 29.1 Å². The van der Waals surface area contributed by atoms with Gasteiger partial charge < -0.3 is 9.80 Å². The predicted molar refractivity (Wildman–Crippen MR) is 129 cm³/mol. The Labute approximate surface area is 195 Å². The summed E-state index contributed by atoms with van der Waals surface area (Å²) in [6.07, 6.45) is 10.8. The molecule has 3 fully saturated rings. The quantitative estimate of drug-likeness (QED) is 0.554. The average Bonchev–Trinajstić information content (AvgIpc) is 2.81. The summed E-state index contributed by atoms with van der Waals surface area (Å²) in [6, 6.07) is 0. The summed E-state index contributed by atoms with van der Waals surface area (Å²) in [5.41, 5.74) is 1.90. The first-order chi connectivity index (χ1) is 15.3. The number of rotatable bonds is 7. The van der Waals surface area contributed by atoms with Crippen molar-refractivity contribution in [3.63, 3.8) is 0 Å². The first-order valence-corrected chi connectivity index (χ1v) is 13.3. The molecule has 0 spiro atoms. The molecule has 0 N–H and O–H groups in total. The summed E-state index contributed by atoms with van der Waals surface area (Å²) in [5, 5.41) is 0. The van der Waals surface area contributed by atoms with Crippen LogP contribution in [0.1, 0.15) is 72.6 Å². The molecule has 2 amide bonds. The molecule has 32 heavy (non-hydrogen) atoms. The lowest BCUT2D eigenvalue weighted by molar-refractivity contribution is -0.138. The van der Waals surface area contributed by atoms with Crippen LogP contribution in [0.5, 0.6) is 0 Å². The predicted octanol–water partition coefficient (Wildman–Crippen LogP) is 4.19. The number of nitrogens with zero attached hydrogens (tertiary/aromatic N) is 3. The zero-order valence-electron chi connectivity index (χ0n) is 20.9. The van der Waals surface area contributed by atoms with Crippen LogP contribution in [0.4, 0.5) is 0 Å². The maximum atomic E-state index is 13.0. The summed E-state index contributed by atoms with van der Waals surface area (Å²) < 4.78 is 0. The van der Waals surface area contributed by atoms with E-state index in [0.29, 0.717) is 17.2 Å². The van der Waals surface area contributed by atoms with Crippen molar-refractivity contribution in [2.75, 3.05) is 45.8 Å². The van der Waals surface area contributed by atoms with Crippen molar-refractivity contribution in [1.29, 1.82) is 0 Å². The Balaban J connectivity index is 1.28. The van der Waals surface area contributed by atoms with E-state index in [1.165, 1.54) is 37.7 Å². The minimum absolute atomic E-state index is 0.0336. The largest absolute Gasteiger partial charge is 0.340 e. The van der Waals surface area contributed by atoms with Gasteiger partial charge in [-0.1, -0.05) is 58.6 Å². The highest BCUT2D eigenvalue weighted by Gasteiger charge is 2.51. The van der Waals surface area contributed by atoms with Crippen molar-refractivity contribution in [3.05, 3.63) is 11.6 Å². The van der Waals surface area contributed by atoms with Gasteiger partial charge in [0.05, 0.1) is 0 Å². The summed E-state index contributed by atoms with van der Waals surface area (Å²) >= 11 is 0. The molecule has 2 atom stereocenters. The highest BCUT2D eigenvalue weighted by Crippen LogP contribution is 2.59. The van der Waals surface area contributed by atoms with Crippen molar-refractivity contribution in [3.8, 4) is 0 Å². The average molecular weight is 444 g/mol. The number of carbonyl (C=O) groups is 2. The van der Waals surface area contributed by atoms with E-state index in [1.54, 1.807) is 0 Å². The molecule has 2 saturated carbocycles. The number of carbonyl (C=O) groups excluding carboxylic acids is 2. The second-order valence-corrected chi connectivity index (χ2v) is 11.7. The second kappa shape index (κ2) is 9.87. The van der Waals surface area contributed by atoms with Gasteiger partial charge in [0.1, 0.15) is 0 Å². The van der Waals surface area contributed by atoms with Gasteiger partial charge in [-0.2, -0.15) is 0 Å². The van der Waals surface area contributed by atoms with Crippen LogP contribution in [-0.2, 0) is 9.59 Å². The Bertz CT molecular complexity index is 714. The number of allylic oxidation sites excluding steroid dienone is 1. The van der Waals surface area contributed by atoms with Gasteiger partial charge in [-0.3, -0.25) is 14.5 Å². The molecule has 5 aliphatic rings. The van der Waals surface area contributed by atoms with E-state index >= 15 is 0 Å². The van der Waals surface area contributed by atoms with E-state index in [1.807, 2.05) is 13.8 Å². The first-order valence-electron chi connectivity index (χ1n) is 13.3. The van der Waals surface area contributed by atoms with Gasteiger partial charge in [0.2, 0.25) is 11.8 Å². The molecular weight excluding hydrogens is 398 g/mol. The van der Waals surface area contributed by atoms with Crippen LogP contribution in [0.2, 0.25) is 0 Å². The summed E-state index contributed by atoms with van der Waals surface area (Å²) in [6.45, 7) is 14.9. The van der Waals surface area contributed by atoms with Gasteiger partial charge in [0, 0.05) is 57.6 Å². The molecule has 0 radical (unpaired) electrons. The molecule has 5 heteroatoms. The third-order valence-electron chi connectivity index (χ3n) is 9.09. The molecule has 2 bridgehead atoms. The molecule has 1 aliphatic heterocycles. The first kappa shape index (κ1) is 23.8. The standard InChI is InChI=1S/C27H45N3O2/c1-20(2)25(31)30(19-22-10-11-23-18-24(22)27(23,3)4)17-14-28-12-15-29(16-13-28)26(32)21-8-6-5-7-9-21/h10,20-21,23-24H,5-9,11-19H2,1-4H3. The molecule has 4 aliphatic carbocycles. The van der Waals surface area contributed by atoms with Crippen molar-refractivity contribution in [1.82, 2.24) is 14.7 Å². The SMILES string of the molecule is CC(C)C(=O)N(CCN1CCN(C(=O)C2CCCCC2)CC1)CC1=CCC2CC1C2(C)C. The van der Waals surface area contributed by atoms with Crippen molar-refractivity contribution >= 4 is 11.8 Å². The monoisotopic (exact) mass is 443 g/mol. The molecule has 180 valence electrons. The van der Waals surface area contributed by atoms with E-state index in [0.717, 1.165) is 64.6 Å². The highest BCUT2D eigenvalue weighted by molar-refractivity contribution is 5.79. The van der Waals surface area contributed by atoms with Crippen molar-refractivity contribution < 1.29 is 9.59 Å². The van der Waals surface area contributed by atoms with Crippen LogP contribution >= 0.6 is 0 Å². The molecule has 1 saturated heterocycles. The normalized spacial score (nSPS) is 28.3. The molecule has 2 unspecified atom stereocenters. The fourth-order valence-electron chi connectivity index (χ4n) is 6.57. The van der Waals surface area contributed by atoms with Crippen molar-refractivity contribution in [2.45, 2.75) is 72.6 Å². The van der Waals surface area contributed by atoms with Crippen LogP contribution in [0.25, 0.3) is 0 Å². The topological polar surface area (TPSA) is 43.9 Å². The van der Waals surface area contributed by atoms with E-state index < -0.39 is 0 Å². The molecular formula is C27H45N3O2.